The van der Waals surface area contributed by atoms with E-state index in [1.165, 1.54) is 23.1 Å². The first-order chi connectivity index (χ1) is 9.93. The number of carbonyl (C=O) groups is 2. The van der Waals surface area contributed by atoms with E-state index >= 15 is 0 Å². The number of halogens is 1. The van der Waals surface area contributed by atoms with Gasteiger partial charge >= 0.3 is 5.97 Å². The predicted octanol–water partition coefficient (Wildman–Crippen LogP) is 2.80. The molecule has 4 nitrogen and oxygen atoms in total. The van der Waals surface area contributed by atoms with Crippen LogP contribution < -0.4 is 0 Å². The van der Waals surface area contributed by atoms with Crippen molar-refractivity contribution in [3.8, 4) is 0 Å². The van der Waals surface area contributed by atoms with Gasteiger partial charge in [-0.25, -0.2) is 4.39 Å². The van der Waals surface area contributed by atoms with Crippen LogP contribution in [0.25, 0.3) is 6.08 Å². The van der Waals surface area contributed by atoms with E-state index in [9.17, 15) is 14.0 Å². The van der Waals surface area contributed by atoms with Crippen molar-refractivity contribution < 1.29 is 19.1 Å². The molecule has 21 heavy (non-hydrogen) atoms. The van der Waals surface area contributed by atoms with Gasteiger partial charge in [0.25, 0.3) is 0 Å². The summed E-state index contributed by atoms with van der Waals surface area (Å²) >= 11 is 0. The maximum absolute atomic E-state index is 12.8. The second-order valence-electron chi connectivity index (χ2n) is 4.91. The molecular weight excluding hydrogens is 273 g/mol. The third kappa shape index (κ3) is 5.77. The Morgan fingerprint density at radius 2 is 1.95 bits per heavy atom. The first kappa shape index (κ1) is 16.9. The summed E-state index contributed by atoms with van der Waals surface area (Å²) in [6.07, 6.45) is 3.73. The van der Waals surface area contributed by atoms with Gasteiger partial charge in [0.1, 0.15) is 5.82 Å². The number of amides is 1. The third-order valence-electron chi connectivity index (χ3n) is 3.01. The number of carboxylic acids is 1. The summed E-state index contributed by atoms with van der Waals surface area (Å²) in [5, 5.41) is 8.92. The summed E-state index contributed by atoms with van der Waals surface area (Å²) in [5.74, 6) is -2.11. The van der Waals surface area contributed by atoms with Crippen LogP contribution in [0.2, 0.25) is 0 Å². The second-order valence-corrected chi connectivity index (χ2v) is 4.91. The van der Waals surface area contributed by atoms with Crippen LogP contribution in [-0.2, 0) is 9.59 Å². The lowest BCUT2D eigenvalue weighted by atomic mass is 10.1. The van der Waals surface area contributed by atoms with E-state index in [0.29, 0.717) is 12.1 Å². The fraction of sp³-hybridized carbons (Fsp3) is 0.375. The van der Waals surface area contributed by atoms with Crippen molar-refractivity contribution >= 4 is 18.0 Å². The predicted molar refractivity (Wildman–Crippen MR) is 79.1 cm³/mol. The molecule has 0 aliphatic rings. The highest BCUT2D eigenvalue weighted by Gasteiger charge is 2.18. The zero-order valence-electron chi connectivity index (χ0n) is 12.3. The Labute approximate surface area is 123 Å². The van der Waals surface area contributed by atoms with Crippen molar-refractivity contribution in [1.82, 2.24) is 4.90 Å². The number of hydrogen-bond donors (Lipinski definition) is 1. The summed E-state index contributed by atoms with van der Waals surface area (Å²) in [6.45, 7) is 4.18. The molecule has 0 fully saturated rings. The fourth-order valence-electron chi connectivity index (χ4n) is 1.82. The van der Waals surface area contributed by atoms with Gasteiger partial charge in [0.2, 0.25) is 5.91 Å². The molecule has 1 N–H and O–H groups in total. The van der Waals surface area contributed by atoms with Gasteiger partial charge in [-0.15, -0.1) is 0 Å². The molecule has 1 unspecified atom stereocenters. The molecule has 0 saturated carbocycles. The number of carboxylic acid groups (broad SMARTS) is 1. The highest BCUT2D eigenvalue weighted by atomic mass is 19.1. The third-order valence-corrected chi connectivity index (χ3v) is 3.01. The number of benzene rings is 1. The summed E-state index contributed by atoms with van der Waals surface area (Å²) in [4.78, 5) is 24.5. The molecule has 1 aromatic carbocycles. The molecule has 0 saturated heterocycles. The van der Waals surface area contributed by atoms with Crippen molar-refractivity contribution in [2.75, 3.05) is 13.1 Å². The van der Waals surface area contributed by atoms with Crippen LogP contribution in [0.15, 0.2) is 30.3 Å². The topological polar surface area (TPSA) is 57.6 Å². The van der Waals surface area contributed by atoms with E-state index in [1.807, 2.05) is 6.92 Å². The molecule has 0 aliphatic carbocycles. The molecule has 1 amide bonds. The minimum absolute atomic E-state index is 0.176. The van der Waals surface area contributed by atoms with Gasteiger partial charge < -0.3 is 10.0 Å². The smallest absolute Gasteiger partial charge is 0.308 e. The van der Waals surface area contributed by atoms with E-state index in [4.69, 9.17) is 5.11 Å². The molecular formula is C16H20FNO3. The summed E-state index contributed by atoms with van der Waals surface area (Å²) in [7, 11) is 0. The SMILES string of the molecule is CCCN(CC(C)C(=O)O)C(=O)/C=C/c1ccc(F)cc1. The average molecular weight is 293 g/mol. The Morgan fingerprint density at radius 1 is 1.33 bits per heavy atom. The molecule has 0 aromatic heterocycles. The lowest BCUT2D eigenvalue weighted by molar-refractivity contribution is -0.142. The van der Waals surface area contributed by atoms with Crippen molar-refractivity contribution in [1.29, 1.82) is 0 Å². The van der Waals surface area contributed by atoms with Crippen LogP contribution in [0.4, 0.5) is 4.39 Å². The largest absolute Gasteiger partial charge is 0.481 e. The summed E-state index contributed by atoms with van der Waals surface area (Å²) < 4.78 is 12.8. The van der Waals surface area contributed by atoms with Crippen LogP contribution in [0.3, 0.4) is 0 Å². The number of rotatable bonds is 7. The van der Waals surface area contributed by atoms with Crippen molar-refractivity contribution in [2.45, 2.75) is 20.3 Å². The second kappa shape index (κ2) is 8.19. The lowest BCUT2D eigenvalue weighted by Crippen LogP contribution is -2.36. The van der Waals surface area contributed by atoms with E-state index in [2.05, 4.69) is 0 Å². The summed E-state index contributed by atoms with van der Waals surface area (Å²) in [6, 6.07) is 5.78. The standard InChI is InChI=1S/C16H20FNO3/c1-3-10-18(11-12(2)16(20)21)15(19)9-6-13-4-7-14(17)8-5-13/h4-9,12H,3,10-11H2,1-2H3,(H,20,21)/b9-6+. The van der Waals surface area contributed by atoms with Gasteiger partial charge in [-0.05, 0) is 30.2 Å². The number of aliphatic carboxylic acids is 1. The van der Waals surface area contributed by atoms with Crippen LogP contribution in [0.1, 0.15) is 25.8 Å². The van der Waals surface area contributed by atoms with E-state index in [1.54, 1.807) is 25.1 Å². The minimum atomic E-state index is -0.925. The van der Waals surface area contributed by atoms with Crippen LogP contribution in [0, 0.1) is 11.7 Å². The Bertz CT molecular complexity index is 511. The molecule has 0 heterocycles. The molecule has 1 atom stereocenters. The Hall–Kier alpha value is -2.17. The first-order valence-corrected chi connectivity index (χ1v) is 6.89. The van der Waals surface area contributed by atoms with Gasteiger partial charge in [-0.2, -0.15) is 0 Å². The van der Waals surface area contributed by atoms with Crippen LogP contribution >= 0.6 is 0 Å². The van der Waals surface area contributed by atoms with E-state index in [0.717, 1.165) is 6.42 Å². The van der Waals surface area contributed by atoms with Gasteiger partial charge in [0.05, 0.1) is 5.92 Å². The van der Waals surface area contributed by atoms with Crippen molar-refractivity contribution in [2.24, 2.45) is 5.92 Å². The zero-order chi connectivity index (χ0) is 15.8. The monoisotopic (exact) mass is 293 g/mol. The highest BCUT2D eigenvalue weighted by Crippen LogP contribution is 2.07. The molecule has 0 bridgehead atoms. The number of carbonyl (C=O) groups excluding carboxylic acids is 1. The lowest BCUT2D eigenvalue weighted by Gasteiger charge is -2.22. The van der Waals surface area contributed by atoms with Gasteiger partial charge in [0, 0.05) is 19.2 Å². The van der Waals surface area contributed by atoms with E-state index < -0.39 is 11.9 Å². The molecule has 0 aliphatic heterocycles. The van der Waals surface area contributed by atoms with E-state index in [-0.39, 0.29) is 18.3 Å². The molecule has 5 heteroatoms. The normalized spacial score (nSPS) is 12.3. The fourth-order valence-corrected chi connectivity index (χ4v) is 1.82. The minimum Gasteiger partial charge on any atom is -0.481 e. The number of nitrogens with zero attached hydrogens (tertiary/aromatic N) is 1. The van der Waals surface area contributed by atoms with Crippen LogP contribution in [0.5, 0.6) is 0 Å². The van der Waals surface area contributed by atoms with Crippen molar-refractivity contribution in [3.63, 3.8) is 0 Å². The Morgan fingerprint density at radius 3 is 2.48 bits per heavy atom. The summed E-state index contributed by atoms with van der Waals surface area (Å²) in [5.41, 5.74) is 0.715. The zero-order valence-corrected chi connectivity index (χ0v) is 12.3. The van der Waals surface area contributed by atoms with Crippen molar-refractivity contribution in [3.05, 3.63) is 41.7 Å². The maximum atomic E-state index is 12.8. The molecule has 1 aromatic rings. The maximum Gasteiger partial charge on any atom is 0.308 e. The Balaban J connectivity index is 2.71. The Kier molecular flexibility index (Phi) is 6.59. The molecule has 0 spiro atoms. The van der Waals surface area contributed by atoms with Gasteiger partial charge in [-0.3, -0.25) is 9.59 Å². The number of hydrogen-bond acceptors (Lipinski definition) is 2. The average Bonchev–Trinajstić information content (AvgIpc) is 2.45. The highest BCUT2D eigenvalue weighted by molar-refractivity contribution is 5.92. The van der Waals surface area contributed by atoms with Gasteiger partial charge in [-0.1, -0.05) is 26.0 Å². The molecule has 0 radical (unpaired) electrons. The molecule has 114 valence electrons. The quantitative estimate of drug-likeness (QED) is 0.786. The van der Waals surface area contributed by atoms with Gasteiger partial charge in [0.15, 0.2) is 0 Å². The van der Waals surface area contributed by atoms with Crippen LogP contribution in [-0.4, -0.2) is 35.0 Å². The first-order valence-electron chi connectivity index (χ1n) is 6.89. The molecule has 1 rings (SSSR count).